The van der Waals surface area contributed by atoms with Crippen molar-refractivity contribution in [2.45, 2.75) is 32.7 Å². The molecule has 17 heavy (non-hydrogen) atoms. The summed E-state index contributed by atoms with van der Waals surface area (Å²) in [7, 11) is 0. The molecule has 1 unspecified atom stereocenters. The second-order valence-electron chi connectivity index (χ2n) is 5.33. The highest BCUT2D eigenvalue weighted by atomic mass is 19.1. The third-order valence-corrected chi connectivity index (χ3v) is 3.09. The molecule has 0 amide bonds. The van der Waals surface area contributed by atoms with Crippen LogP contribution in [0.4, 0.5) is 4.39 Å². The minimum Gasteiger partial charge on any atom is -0.480 e. The number of halogens is 1. The van der Waals surface area contributed by atoms with Crippen LogP contribution in [0.1, 0.15) is 26.3 Å². The monoisotopic (exact) mass is 239 g/mol. The SMILES string of the molecule is CC(C)(C)C(N)(Cc1cccc(F)c1)C(=O)O. The maximum absolute atomic E-state index is 13.1. The molecule has 1 aromatic rings. The van der Waals surface area contributed by atoms with Crippen molar-refractivity contribution in [3.05, 3.63) is 35.6 Å². The average Bonchev–Trinajstić information content (AvgIpc) is 2.15. The number of carboxylic acid groups (broad SMARTS) is 1. The van der Waals surface area contributed by atoms with Crippen LogP contribution in [-0.2, 0) is 11.2 Å². The molecule has 1 rings (SSSR count). The van der Waals surface area contributed by atoms with Crippen LogP contribution in [-0.4, -0.2) is 16.6 Å². The highest BCUT2D eigenvalue weighted by molar-refractivity contribution is 5.80. The van der Waals surface area contributed by atoms with E-state index in [-0.39, 0.29) is 12.2 Å². The predicted molar refractivity (Wildman–Crippen MR) is 64.1 cm³/mol. The molecule has 0 radical (unpaired) electrons. The summed E-state index contributed by atoms with van der Waals surface area (Å²) in [5, 5.41) is 9.28. The maximum Gasteiger partial charge on any atom is 0.324 e. The van der Waals surface area contributed by atoms with Gasteiger partial charge in [0, 0.05) is 6.42 Å². The van der Waals surface area contributed by atoms with E-state index < -0.39 is 16.9 Å². The van der Waals surface area contributed by atoms with Crippen LogP contribution in [0.3, 0.4) is 0 Å². The van der Waals surface area contributed by atoms with E-state index in [0.717, 1.165) is 0 Å². The van der Waals surface area contributed by atoms with Gasteiger partial charge in [-0.3, -0.25) is 4.79 Å². The van der Waals surface area contributed by atoms with Gasteiger partial charge in [-0.15, -0.1) is 0 Å². The summed E-state index contributed by atoms with van der Waals surface area (Å²) in [5.74, 6) is -1.46. The second-order valence-corrected chi connectivity index (χ2v) is 5.33. The molecule has 0 aliphatic rings. The number of rotatable bonds is 3. The smallest absolute Gasteiger partial charge is 0.324 e. The minimum absolute atomic E-state index is 0.101. The van der Waals surface area contributed by atoms with Crippen molar-refractivity contribution in [2.75, 3.05) is 0 Å². The summed E-state index contributed by atoms with van der Waals surface area (Å²) < 4.78 is 13.1. The predicted octanol–water partition coefficient (Wildman–Crippen LogP) is 2.20. The molecule has 0 spiro atoms. The first-order valence-electron chi connectivity index (χ1n) is 5.43. The molecular weight excluding hydrogens is 221 g/mol. The van der Waals surface area contributed by atoms with Gasteiger partial charge in [0.25, 0.3) is 0 Å². The van der Waals surface area contributed by atoms with Gasteiger partial charge >= 0.3 is 5.97 Å². The first kappa shape index (κ1) is 13.6. The Morgan fingerprint density at radius 2 is 2.00 bits per heavy atom. The molecule has 0 saturated carbocycles. The Balaban J connectivity index is 3.08. The van der Waals surface area contributed by atoms with E-state index in [2.05, 4.69) is 0 Å². The van der Waals surface area contributed by atoms with Gasteiger partial charge in [-0.05, 0) is 23.1 Å². The third-order valence-electron chi connectivity index (χ3n) is 3.09. The summed E-state index contributed by atoms with van der Waals surface area (Å²) in [6.07, 6.45) is 0.101. The molecule has 0 aromatic heterocycles. The van der Waals surface area contributed by atoms with Crippen LogP contribution in [0, 0.1) is 11.2 Å². The molecule has 0 aliphatic heterocycles. The fraction of sp³-hybridized carbons (Fsp3) is 0.462. The molecule has 0 aliphatic carbocycles. The number of hydrogen-bond donors (Lipinski definition) is 2. The summed E-state index contributed by atoms with van der Waals surface area (Å²) in [4.78, 5) is 11.3. The summed E-state index contributed by atoms with van der Waals surface area (Å²) >= 11 is 0. The Morgan fingerprint density at radius 3 is 2.41 bits per heavy atom. The lowest BCUT2D eigenvalue weighted by atomic mass is 9.71. The minimum atomic E-state index is -1.42. The van der Waals surface area contributed by atoms with Gasteiger partial charge in [0.2, 0.25) is 0 Å². The van der Waals surface area contributed by atoms with E-state index in [1.165, 1.54) is 12.1 Å². The average molecular weight is 239 g/mol. The molecule has 3 nitrogen and oxygen atoms in total. The Labute approximate surface area is 100 Å². The van der Waals surface area contributed by atoms with Crippen LogP contribution >= 0.6 is 0 Å². The fourth-order valence-corrected chi connectivity index (χ4v) is 1.63. The first-order valence-corrected chi connectivity index (χ1v) is 5.43. The van der Waals surface area contributed by atoms with Gasteiger partial charge in [0.1, 0.15) is 11.4 Å². The summed E-state index contributed by atoms with van der Waals surface area (Å²) in [5.41, 5.74) is 4.53. The zero-order valence-electron chi connectivity index (χ0n) is 10.3. The third kappa shape index (κ3) is 2.82. The van der Waals surface area contributed by atoms with Crippen LogP contribution < -0.4 is 5.73 Å². The van der Waals surface area contributed by atoms with E-state index in [1.807, 2.05) is 0 Å². The molecule has 1 aromatic carbocycles. The molecule has 94 valence electrons. The van der Waals surface area contributed by atoms with Crippen LogP contribution in [0.25, 0.3) is 0 Å². The molecule has 3 N–H and O–H groups in total. The van der Waals surface area contributed by atoms with E-state index in [1.54, 1.807) is 32.9 Å². The number of nitrogens with two attached hydrogens (primary N) is 1. The zero-order chi connectivity index (χ0) is 13.3. The lowest BCUT2D eigenvalue weighted by molar-refractivity contribution is -0.147. The van der Waals surface area contributed by atoms with Gasteiger partial charge < -0.3 is 10.8 Å². The molecule has 4 heteroatoms. The molecule has 1 atom stereocenters. The first-order chi connectivity index (χ1) is 7.67. The van der Waals surface area contributed by atoms with Gasteiger partial charge in [-0.25, -0.2) is 4.39 Å². The Hall–Kier alpha value is -1.42. The highest BCUT2D eigenvalue weighted by Crippen LogP contribution is 2.31. The van der Waals surface area contributed by atoms with Gasteiger partial charge in [-0.2, -0.15) is 0 Å². The Morgan fingerprint density at radius 1 is 1.41 bits per heavy atom. The van der Waals surface area contributed by atoms with Crippen molar-refractivity contribution < 1.29 is 14.3 Å². The second kappa shape index (κ2) is 4.45. The Kier molecular flexibility index (Phi) is 3.57. The van der Waals surface area contributed by atoms with E-state index in [0.29, 0.717) is 5.56 Å². The van der Waals surface area contributed by atoms with E-state index in [4.69, 9.17) is 5.73 Å². The van der Waals surface area contributed by atoms with E-state index >= 15 is 0 Å². The van der Waals surface area contributed by atoms with Crippen molar-refractivity contribution in [1.82, 2.24) is 0 Å². The van der Waals surface area contributed by atoms with Gasteiger partial charge in [0.15, 0.2) is 0 Å². The molecule has 0 fully saturated rings. The molecular formula is C13H18FNO2. The highest BCUT2D eigenvalue weighted by Gasteiger charge is 2.45. The van der Waals surface area contributed by atoms with Crippen molar-refractivity contribution in [1.29, 1.82) is 0 Å². The number of aliphatic carboxylic acids is 1. The topological polar surface area (TPSA) is 63.3 Å². The molecule has 0 bridgehead atoms. The zero-order valence-corrected chi connectivity index (χ0v) is 10.3. The normalized spacial score (nSPS) is 15.4. The van der Waals surface area contributed by atoms with Crippen LogP contribution in [0.5, 0.6) is 0 Å². The molecule has 0 saturated heterocycles. The van der Waals surface area contributed by atoms with Gasteiger partial charge in [0.05, 0.1) is 0 Å². The van der Waals surface area contributed by atoms with Crippen molar-refractivity contribution >= 4 is 5.97 Å². The lowest BCUT2D eigenvalue weighted by Gasteiger charge is -2.37. The number of hydrogen-bond acceptors (Lipinski definition) is 2. The fourth-order valence-electron chi connectivity index (χ4n) is 1.63. The molecule has 0 heterocycles. The summed E-state index contributed by atoms with van der Waals surface area (Å²) in [6, 6.07) is 5.87. The number of carbonyl (C=O) groups is 1. The van der Waals surface area contributed by atoms with Crippen molar-refractivity contribution in [3.63, 3.8) is 0 Å². The largest absolute Gasteiger partial charge is 0.480 e. The van der Waals surface area contributed by atoms with Crippen LogP contribution in [0.2, 0.25) is 0 Å². The van der Waals surface area contributed by atoms with Crippen LogP contribution in [0.15, 0.2) is 24.3 Å². The number of benzene rings is 1. The quantitative estimate of drug-likeness (QED) is 0.850. The van der Waals surface area contributed by atoms with Crippen molar-refractivity contribution in [3.8, 4) is 0 Å². The standard InChI is InChI=1S/C13H18FNO2/c1-12(2,3)13(15,11(16)17)8-9-5-4-6-10(14)7-9/h4-7H,8,15H2,1-3H3,(H,16,17). The summed E-state index contributed by atoms with van der Waals surface area (Å²) in [6.45, 7) is 5.29. The van der Waals surface area contributed by atoms with Crippen molar-refractivity contribution in [2.24, 2.45) is 11.1 Å². The maximum atomic E-state index is 13.1. The Bertz CT molecular complexity index is 426. The van der Waals surface area contributed by atoms with Gasteiger partial charge in [-0.1, -0.05) is 32.9 Å². The lowest BCUT2D eigenvalue weighted by Crippen LogP contribution is -2.59. The number of carboxylic acids is 1. The van der Waals surface area contributed by atoms with E-state index in [9.17, 15) is 14.3 Å².